The Morgan fingerprint density at radius 2 is 2.00 bits per heavy atom. The van der Waals surface area contributed by atoms with Crippen molar-refractivity contribution < 1.29 is 19.2 Å². The van der Waals surface area contributed by atoms with Crippen molar-refractivity contribution in [3.05, 3.63) is 17.5 Å². The smallest absolute Gasteiger partial charge is 0.308 e. The van der Waals surface area contributed by atoms with Crippen LogP contribution in [0.25, 0.3) is 0 Å². The predicted molar refractivity (Wildman–Crippen MR) is 78.4 cm³/mol. The molecule has 6 nitrogen and oxygen atoms in total. The zero-order chi connectivity index (χ0) is 16.1. The SMILES string of the molecule is CC(C)(C)c1cc(C(=O)N2C[C@H](C(=O)O)[C@@H](C3CC3)C2)no1. The van der Waals surface area contributed by atoms with Crippen LogP contribution in [0.1, 0.15) is 49.9 Å². The number of amides is 1. The molecule has 1 aromatic heterocycles. The summed E-state index contributed by atoms with van der Waals surface area (Å²) in [6, 6.07) is 1.67. The Hall–Kier alpha value is -1.85. The number of carbonyl (C=O) groups excluding carboxylic acids is 1. The van der Waals surface area contributed by atoms with Crippen molar-refractivity contribution in [3.8, 4) is 0 Å². The molecule has 1 amide bonds. The molecule has 0 aromatic carbocycles. The van der Waals surface area contributed by atoms with E-state index >= 15 is 0 Å². The molecule has 0 spiro atoms. The quantitative estimate of drug-likeness (QED) is 0.925. The van der Waals surface area contributed by atoms with Crippen LogP contribution < -0.4 is 0 Å². The number of hydrogen-bond acceptors (Lipinski definition) is 4. The largest absolute Gasteiger partial charge is 0.481 e. The molecule has 0 radical (unpaired) electrons. The van der Waals surface area contributed by atoms with Crippen molar-refractivity contribution in [3.63, 3.8) is 0 Å². The monoisotopic (exact) mass is 306 g/mol. The third-order valence-corrected chi connectivity index (χ3v) is 4.67. The van der Waals surface area contributed by atoms with E-state index in [9.17, 15) is 14.7 Å². The standard InChI is InChI=1S/C16H22N2O4/c1-16(2,3)13-6-12(17-22-13)14(19)18-7-10(9-4-5-9)11(8-18)15(20)21/h6,9-11H,4-5,7-8H2,1-3H3,(H,20,21)/t10-,11+/m1/s1. The second-order valence-electron chi connectivity index (χ2n) is 7.48. The number of aromatic nitrogens is 1. The van der Waals surface area contributed by atoms with Crippen LogP contribution in [-0.4, -0.2) is 40.1 Å². The van der Waals surface area contributed by atoms with E-state index in [-0.39, 0.29) is 29.5 Å². The van der Waals surface area contributed by atoms with E-state index in [1.165, 1.54) is 0 Å². The third kappa shape index (κ3) is 2.74. The molecule has 1 saturated carbocycles. The van der Waals surface area contributed by atoms with Crippen molar-refractivity contribution in [2.75, 3.05) is 13.1 Å². The van der Waals surface area contributed by atoms with E-state index in [0.29, 0.717) is 18.2 Å². The molecule has 22 heavy (non-hydrogen) atoms. The number of carboxylic acid groups (broad SMARTS) is 1. The van der Waals surface area contributed by atoms with Crippen molar-refractivity contribution >= 4 is 11.9 Å². The van der Waals surface area contributed by atoms with Gasteiger partial charge in [0, 0.05) is 24.6 Å². The fraction of sp³-hybridized carbons (Fsp3) is 0.688. The molecular formula is C16H22N2O4. The number of likely N-dealkylation sites (tertiary alicyclic amines) is 1. The molecule has 1 aromatic rings. The van der Waals surface area contributed by atoms with Gasteiger partial charge in [-0.05, 0) is 24.7 Å². The summed E-state index contributed by atoms with van der Waals surface area (Å²) in [6.07, 6.45) is 2.16. The van der Waals surface area contributed by atoms with Crippen LogP contribution in [-0.2, 0) is 10.2 Å². The van der Waals surface area contributed by atoms with Crippen LogP contribution in [0.3, 0.4) is 0 Å². The summed E-state index contributed by atoms with van der Waals surface area (Å²) in [6.45, 7) is 6.74. The molecule has 1 N–H and O–H groups in total. The zero-order valence-corrected chi connectivity index (χ0v) is 13.2. The number of hydrogen-bond donors (Lipinski definition) is 1. The molecule has 120 valence electrons. The third-order valence-electron chi connectivity index (χ3n) is 4.67. The van der Waals surface area contributed by atoms with Crippen LogP contribution in [0.5, 0.6) is 0 Å². The van der Waals surface area contributed by atoms with Crippen LogP contribution in [0.15, 0.2) is 10.6 Å². The number of carbonyl (C=O) groups is 2. The minimum absolute atomic E-state index is 0.0791. The minimum Gasteiger partial charge on any atom is -0.481 e. The molecule has 2 heterocycles. The average molecular weight is 306 g/mol. The zero-order valence-electron chi connectivity index (χ0n) is 13.2. The topological polar surface area (TPSA) is 83.6 Å². The van der Waals surface area contributed by atoms with Gasteiger partial charge in [0.25, 0.3) is 5.91 Å². The normalized spacial score (nSPS) is 25.5. The van der Waals surface area contributed by atoms with Gasteiger partial charge in [-0.1, -0.05) is 25.9 Å². The van der Waals surface area contributed by atoms with Crippen molar-refractivity contribution in [2.45, 2.75) is 39.0 Å². The van der Waals surface area contributed by atoms with Crippen LogP contribution in [0, 0.1) is 17.8 Å². The van der Waals surface area contributed by atoms with Gasteiger partial charge >= 0.3 is 5.97 Å². The molecule has 1 aliphatic carbocycles. The molecule has 6 heteroatoms. The summed E-state index contributed by atoms with van der Waals surface area (Å²) >= 11 is 0. The Morgan fingerprint density at radius 3 is 2.50 bits per heavy atom. The molecule has 1 saturated heterocycles. The molecule has 3 rings (SSSR count). The van der Waals surface area contributed by atoms with Crippen molar-refractivity contribution in [1.82, 2.24) is 10.1 Å². The number of rotatable bonds is 3. The number of aliphatic carboxylic acids is 1. The number of nitrogens with zero attached hydrogens (tertiary/aromatic N) is 2. The first-order valence-corrected chi connectivity index (χ1v) is 7.76. The molecular weight excluding hydrogens is 284 g/mol. The predicted octanol–water partition coefficient (Wildman–Crippen LogP) is 2.15. The highest BCUT2D eigenvalue weighted by Crippen LogP contribution is 2.44. The molecule has 0 unspecified atom stereocenters. The molecule has 2 aliphatic rings. The first-order chi connectivity index (χ1) is 10.3. The van der Waals surface area contributed by atoms with E-state index < -0.39 is 11.9 Å². The lowest BCUT2D eigenvalue weighted by Crippen LogP contribution is -2.30. The van der Waals surface area contributed by atoms with Crippen LogP contribution in [0.2, 0.25) is 0 Å². The molecule has 0 bridgehead atoms. The van der Waals surface area contributed by atoms with Crippen molar-refractivity contribution in [2.24, 2.45) is 17.8 Å². The summed E-state index contributed by atoms with van der Waals surface area (Å²) in [5, 5.41) is 13.2. The van der Waals surface area contributed by atoms with Crippen LogP contribution in [0.4, 0.5) is 0 Å². The van der Waals surface area contributed by atoms with E-state index in [1.807, 2.05) is 20.8 Å². The lowest BCUT2D eigenvalue weighted by molar-refractivity contribution is -0.142. The average Bonchev–Trinajstić information content (AvgIpc) is 3.00. The summed E-state index contributed by atoms with van der Waals surface area (Å²) in [5.74, 6) is -0.290. The highest BCUT2D eigenvalue weighted by molar-refractivity contribution is 5.93. The lowest BCUT2D eigenvalue weighted by Gasteiger charge is -2.14. The van der Waals surface area contributed by atoms with E-state index in [4.69, 9.17) is 4.52 Å². The maximum atomic E-state index is 12.6. The highest BCUT2D eigenvalue weighted by atomic mass is 16.5. The van der Waals surface area contributed by atoms with E-state index in [0.717, 1.165) is 12.8 Å². The first-order valence-electron chi connectivity index (χ1n) is 7.76. The van der Waals surface area contributed by atoms with Gasteiger partial charge < -0.3 is 14.5 Å². The fourth-order valence-electron chi connectivity index (χ4n) is 3.15. The van der Waals surface area contributed by atoms with Gasteiger partial charge in [-0.15, -0.1) is 0 Å². The number of carboxylic acids is 1. The second kappa shape index (κ2) is 5.11. The summed E-state index contributed by atoms with van der Waals surface area (Å²) in [5.41, 5.74) is 0.0574. The van der Waals surface area contributed by atoms with Gasteiger partial charge in [-0.2, -0.15) is 0 Å². The first kappa shape index (κ1) is 15.1. The van der Waals surface area contributed by atoms with E-state index in [1.54, 1.807) is 11.0 Å². The van der Waals surface area contributed by atoms with Crippen molar-refractivity contribution in [1.29, 1.82) is 0 Å². The van der Waals surface area contributed by atoms with E-state index in [2.05, 4.69) is 5.16 Å². The Kier molecular flexibility index (Phi) is 3.50. The van der Waals surface area contributed by atoms with Gasteiger partial charge in [0.15, 0.2) is 5.69 Å². The van der Waals surface area contributed by atoms with Crippen LogP contribution >= 0.6 is 0 Å². The van der Waals surface area contributed by atoms with Gasteiger partial charge in [-0.25, -0.2) is 0 Å². The highest BCUT2D eigenvalue weighted by Gasteiger charge is 2.47. The molecule has 2 fully saturated rings. The Morgan fingerprint density at radius 1 is 1.32 bits per heavy atom. The minimum atomic E-state index is -0.803. The van der Waals surface area contributed by atoms with Gasteiger partial charge in [0.2, 0.25) is 0 Å². The summed E-state index contributed by atoms with van der Waals surface area (Å²) in [4.78, 5) is 25.6. The summed E-state index contributed by atoms with van der Waals surface area (Å²) in [7, 11) is 0. The van der Waals surface area contributed by atoms with Gasteiger partial charge in [0.05, 0.1) is 5.92 Å². The maximum Gasteiger partial charge on any atom is 0.308 e. The lowest BCUT2D eigenvalue weighted by atomic mass is 9.92. The van der Waals surface area contributed by atoms with Gasteiger partial charge in [-0.3, -0.25) is 9.59 Å². The second-order valence-corrected chi connectivity index (χ2v) is 7.48. The molecule has 2 atom stereocenters. The maximum absolute atomic E-state index is 12.6. The fourth-order valence-corrected chi connectivity index (χ4v) is 3.15. The Balaban J connectivity index is 1.75. The summed E-state index contributed by atoms with van der Waals surface area (Å²) < 4.78 is 5.26. The Bertz CT molecular complexity index is 598. The Labute approximate surface area is 129 Å². The van der Waals surface area contributed by atoms with Gasteiger partial charge in [0.1, 0.15) is 5.76 Å². The molecule has 1 aliphatic heterocycles.